The molecular formula is C20H24Cl2N2O3S. The molecule has 0 saturated carbocycles. The van der Waals surface area contributed by atoms with E-state index in [9.17, 15) is 13.2 Å². The topological polar surface area (TPSA) is 66.5 Å². The van der Waals surface area contributed by atoms with Gasteiger partial charge in [-0.05, 0) is 61.2 Å². The van der Waals surface area contributed by atoms with Crippen molar-refractivity contribution in [1.29, 1.82) is 0 Å². The van der Waals surface area contributed by atoms with E-state index >= 15 is 0 Å². The fourth-order valence-electron chi connectivity index (χ4n) is 2.89. The smallest absolute Gasteiger partial charge is 0.244 e. The highest BCUT2D eigenvalue weighted by Gasteiger charge is 2.31. The first-order valence-corrected chi connectivity index (χ1v) is 11.4. The Morgan fingerprint density at radius 2 is 1.79 bits per heavy atom. The molecule has 8 heteroatoms. The molecule has 0 aliphatic rings. The van der Waals surface area contributed by atoms with Crippen molar-refractivity contribution >= 4 is 44.8 Å². The van der Waals surface area contributed by atoms with Gasteiger partial charge in [0.25, 0.3) is 0 Å². The minimum absolute atomic E-state index is 0.176. The Kier molecular flexibility index (Phi) is 7.37. The summed E-state index contributed by atoms with van der Waals surface area (Å²) in [5.41, 5.74) is 3.17. The van der Waals surface area contributed by atoms with Gasteiger partial charge in [-0.15, -0.1) is 0 Å². The predicted molar refractivity (Wildman–Crippen MR) is 116 cm³/mol. The maximum atomic E-state index is 12.9. The molecule has 1 unspecified atom stereocenters. The predicted octanol–water partition coefficient (Wildman–Crippen LogP) is 4.47. The van der Waals surface area contributed by atoms with Crippen molar-refractivity contribution in [3.8, 4) is 0 Å². The summed E-state index contributed by atoms with van der Waals surface area (Å²) in [6.45, 7) is 5.81. The zero-order chi connectivity index (χ0) is 21.1. The lowest BCUT2D eigenvalue weighted by Crippen LogP contribution is -2.49. The van der Waals surface area contributed by atoms with E-state index in [1.165, 1.54) is 4.31 Å². The van der Waals surface area contributed by atoms with E-state index in [0.29, 0.717) is 27.7 Å². The van der Waals surface area contributed by atoms with Crippen LogP contribution in [0.2, 0.25) is 10.0 Å². The number of carbonyl (C=O) groups excluding carboxylic acids is 1. The number of nitrogens with one attached hydrogen (secondary N) is 1. The summed E-state index contributed by atoms with van der Waals surface area (Å²) >= 11 is 12.0. The molecular weight excluding hydrogens is 419 g/mol. The number of anilines is 1. The molecule has 0 radical (unpaired) electrons. The Balaban J connectivity index is 2.29. The summed E-state index contributed by atoms with van der Waals surface area (Å²) < 4.78 is 26.2. The highest BCUT2D eigenvalue weighted by molar-refractivity contribution is 7.92. The van der Waals surface area contributed by atoms with Crippen LogP contribution in [0.25, 0.3) is 0 Å². The summed E-state index contributed by atoms with van der Waals surface area (Å²) in [6.07, 6.45) is 1.42. The normalized spacial score (nSPS) is 12.5. The summed E-state index contributed by atoms with van der Waals surface area (Å²) in [5, 5.41) is 3.73. The van der Waals surface area contributed by atoms with E-state index in [2.05, 4.69) is 5.32 Å². The highest BCUT2D eigenvalue weighted by atomic mass is 35.5. The minimum Gasteiger partial charge on any atom is -0.350 e. The quantitative estimate of drug-likeness (QED) is 0.687. The summed E-state index contributed by atoms with van der Waals surface area (Å²) in [6, 6.07) is 9.48. The third-order valence-corrected chi connectivity index (χ3v) is 6.31. The summed E-state index contributed by atoms with van der Waals surface area (Å²) in [5.74, 6) is -0.392. The number of aryl methyl sites for hydroxylation is 2. The number of carbonyl (C=O) groups is 1. The van der Waals surface area contributed by atoms with Gasteiger partial charge >= 0.3 is 0 Å². The highest BCUT2D eigenvalue weighted by Crippen LogP contribution is 2.25. The van der Waals surface area contributed by atoms with Crippen LogP contribution in [0, 0.1) is 13.8 Å². The number of amides is 1. The summed E-state index contributed by atoms with van der Waals surface area (Å²) in [7, 11) is -3.67. The molecule has 2 aromatic rings. The molecule has 28 heavy (non-hydrogen) atoms. The second-order valence-corrected chi connectivity index (χ2v) is 9.41. The molecule has 2 rings (SSSR count). The molecule has 1 amide bonds. The van der Waals surface area contributed by atoms with Crippen LogP contribution in [0.4, 0.5) is 5.69 Å². The average molecular weight is 443 g/mol. The molecule has 5 nitrogen and oxygen atoms in total. The van der Waals surface area contributed by atoms with Crippen molar-refractivity contribution in [3.63, 3.8) is 0 Å². The lowest BCUT2D eigenvalue weighted by molar-refractivity contribution is -0.122. The monoisotopic (exact) mass is 442 g/mol. The Hall–Kier alpha value is -1.76. The molecule has 0 aliphatic carbocycles. The average Bonchev–Trinajstić information content (AvgIpc) is 2.60. The van der Waals surface area contributed by atoms with Crippen LogP contribution in [0.15, 0.2) is 36.4 Å². The Morgan fingerprint density at radius 1 is 1.11 bits per heavy atom. The molecule has 2 aromatic carbocycles. The largest absolute Gasteiger partial charge is 0.350 e. The molecule has 152 valence electrons. The molecule has 1 atom stereocenters. The van der Waals surface area contributed by atoms with Gasteiger partial charge in [-0.3, -0.25) is 9.10 Å². The number of hydrogen-bond acceptors (Lipinski definition) is 3. The van der Waals surface area contributed by atoms with Gasteiger partial charge in [0.1, 0.15) is 6.04 Å². The maximum absolute atomic E-state index is 12.9. The third-order valence-electron chi connectivity index (χ3n) is 4.54. The second kappa shape index (κ2) is 9.16. The van der Waals surface area contributed by atoms with Gasteiger partial charge in [0.05, 0.1) is 11.9 Å². The molecule has 0 aromatic heterocycles. The van der Waals surface area contributed by atoms with Crippen LogP contribution in [0.5, 0.6) is 0 Å². The number of rotatable bonds is 7. The van der Waals surface area contributed by atoms with Crippen LogP contribution in [0.1, 0.15) is 30.0 Å². The van der Waals surface area contributed by atoms with Gasteiger partial charge in [0.2, 0.25) is 15.9 Å². The molecule has 0 heterocycles. The SMILES string of the molecule is CCC(C(=O)NCc1ccc(Cl)cc1Cl)N(c1ccc(C)c(C)c1)S(C)(=O)=O. The van der Waals surface area contributed by atoms with Crippen molar-refractivity contribution in [2.24, 2.45) is 0 Å². The molecule has 0 spiro atoms. The fraction of sp³-hybridized carbons (Fsp3) is 0.350. The van der Waals surface area contributed by atoms with Gasteiger partial charge < -0.3 is 5.32 Å². The zero-order valence-electron chi connectivity index (χ0n) is 16.3. The van der Waals surface area contributed by atoms with Crippen LogP contribution < -0.4 is 9.62 Å². The van der Waals surface area contributed by atoms with E-state index in [4.69, 9.17) is 23.2 Å². The van der Waals surface area contributed by atoms with Crippen molar-refractivity contribution in [2.75, 3.05) is 10.6 Å². The number of halogens is 2. The number of benzene rings is 2. The van der Waals surface area contributed by atoms with Gasteiger partial charge in [0, 0.05) is 16.6 Å². The van der Waals surface area contributed by atoms with Crippen LogP contribution in [-0.2, 0) is 21.4 Å². The van der Waals surface area contributed by atoms with Gasteiger partial charge in [-0.2, -0.15) is 0 Å². The standard InChI is InChI=1S/C20H24Cl2N2O3S/c1-5-19(20(25)23-12-15-7-8-16(21)11-18(15)22)24(28(4,26)27)17-9-6-13(2)14(3)10-17/h6-11,19H,5,12H2,1-4H3,(H,23,25). The Labute approximate surface area is 176 Å². The second-order valence-electron chi connectivity index (χ2n) is 6.70. The molecule has 0 fully saturated rings. The number of sulfonamides is 1. The third kappa shape index (κ3) is 5.40. The molecule has 1 N–H and O–H groups in total. The first kappa shape index (κ1) is 22.5. The lowest BCUT2D eigenvalue weighted by atomic mass is 10.1. The van der Waals surface area contributed by atoms with E-state index < -0.39 is 22.0 Å². The van der Waals surface area contributed by atoms with E-state index in [-0.39, 0.29) is 6.54 Å². The molecule has 0 aliphatic heterocycles. The van der Waals surface area contributed by atoms with Crippen LogP contribution in [0.3, 0.4) is 0 Å². The fourth-order valence-corrected chi connectivity index (χ4v) is 4.57. The Bertz CT molecular complexity index is 977. The van der Waals surface area contributed by atoms with Crippen molar-refractivity contribution in [3.05, 3.63) is 63.1 Å². The van der Waals surface area contributed by atoms with Gasteiger partial charge in [-0.1, -0.05) is 42.3 Å². The maximum Gasteiger partial charge on any atom is 0.244 e. The number of nitrogens with zero attached hydrogens (tertiary/aromatic N) is 1. The van der Waals surface area contributed by atoms with E-state index in [1.807, 2.05) is 19.9 Å². The van der Waals surface area contributed by atoms with Gasteiger partial charge in [0.15, 0.2) is 0 Å². The van der Waals surface area contributed by atoms with Crippen LogP contribution >= 0.6 is 23.2 Å². The summed E-state index contributed by atoms with van der Waals surface area (Å²) in [4.78, 5) is 12.9. The molecule has 0 bridgehead atoms. The van der Waals surface area contributed by atoms with E-state index in [0.717, 1.165) is 17.4 Å². The lowest BCUT2D eigenvalue weighted by Gasteiger charge is -2.30. The molecule has 0 saturated heterocycles. The van der Waals surface area contributed by atoms with Crippen molar-refractivity contribution in [2.45, 2.75) is 39.8 Å². The first-order chi connectivity index (χ1) is 13.0. The first-order valence-electron chi connectivity index (χ1n) is 8.83. The van der Waals surface area contributed by atoms with Gasteiger partial charge in [-0.25, -0.2) is 8.42 Å². The Morgan fingerprint density at radius 3 is 2.32 bits per heavy atom. The zero-order valence-corrected chi connectivity index (χ0v) is 18.6. The van der Waals surface area contributed by atoms with Crippen molar-refractivity contribution < 1.29 is 13.2 Å². The van der Waals surface area contributed by atoms with Crippen molar-refractivity contribution in [1.82, 2.24) is 5.32 Å². The number of hydrogen-bond donors (Lipinski definition) is 1. The van der Waals surface area contributed by atoms with E-state index in [1.54, 1.807) is 37.3 Å². The minimum atomic E-state index is -3.67. The van der Waals surface area contributed by atoms with Crippen LogP contribution in [-0.4, -0.2) is 26.6 Å².